The lowest BCUT2D eigenvalue weighted by Gasteiger charge is -2.41. The molecule has 0 unspecified atom stereocenters. The van der Waals surface area contributed by atoms with Crippen molar-refractivity contribution in [3.63, 3.8) is 0 Å². The Balaban J connectivity index is 1.37. The molecule has 2 aromatic carbocycles. The molecule has 9 heteroatoms. The Morgan fingerprint density at radius 1 is 1.05 bits per heavy atom. The lowest BCUT2D eigenvalue weighted by Crippen LogP contribution is -2.60. The number of hydrogen-bond acceptors (Lipinski definition) is 5. The van der Waals surface area contributed by atoms with E-state index in [2.05, 4.69) is 24.5 Å². The van der Waals surface area contributed by atoms with Crippen LogP contribution in [0.4, 0.5) is 8.78 Å². The monoisotopic (exact) mass is 571 g/mol. The first kappa shape index (κ1) is 31.1. The molecule has 2 amide bonds. The van der Waals surface area contributed by atoms with Gasteiger partial charge in [0.2, 0.25) is 11.8 Å². The molecule has 0 aliphatic carbocycles. The molecule has 224 valence electrons. The van der Waals surface area contributed by atoms with Crippen molar-refractivity contribution in [2.75, 3.05) is 19.6 Å². The Bertz CT molecular complexity index is 1120. The third kappa shape index (κ3) is 8.56. The van der Waals surface area contributed by atoms with Crippen LogP contribution in [0.15, 0.2) is 48.5 Å². The molecule has 2 aromatic rings. The lowest BCUT2D eigenvalue weighted by atomic mass is 9.90. The maximum Gasteiger partial charge on any atom is 0.227 e. The number of nitrogens with one attached hydrogen (secondary N) is 2. The van der Waals surface area contributed by atoms with Gasteiger partial charge in [-0.1, -0.05) is 57.0 Å². The Labute approximate surface area is 241 Å². The second kappa shape index (κ2) is 14.8. The van der Waals surface area contributed by atoms with Crippen LogP contribution < -0.4 is 10.6 Å². The predicted octanol–water partition coefficient (Wildman–Crippen LogP) is 3.98. The summed E-state index contributed by atoms with van der Waals surface area (Å²) < 4.78 is 33.9. The number of nitrogens with zero attached hydrogens (tertiary/aromatic N) is 1. The molecule has 3 N–H and O–H groups in total. The van der Waals surface area contributed by atoms with Gasteiger partial charge in [0.1, 0.15) is 11.6 Å². The predicted molar refractivity (Wildman–Crippen MR) is 153 cm³/mol. The molecule has 0 saturated carbocycles. The van der Waals surface area contributed by atoms with Gasteiger partial charge in [0.25, 0.3) is 0 Å². The molecule has 2 fully saturated rings. The molecule has 0 radical (unpaired) electrons. The van der Waals surface area contributed by atoms with Crippen LogP contribution in [-0.2, 0) is 27.4 Å². The fourth-order valence-electron chi connectivity index (χ4n) is 5.90. The minimum Gasteiger partial charge on any atom is -0.389 e. The second-order valence-electron chi connectivity index (χ2n) is 11.5. The summed E-state index contributed by atoms with van der Waals surface area (Å²) in [7, 11) is 0. The van der Waals surface area contributed by atoms with Gasteiger partial charge < -0.3 is 25.4 Å². The van der Waals surface area contributed by atoms with Crippen molar-refractivity contribution in [1.29, 1.82) is 0 Å². The van der Waals surface area contributed by atoms with Crippen LogP contribution in [0.5, 0.6) is 0 Å². The molecule has 0 bridgehead atoms. The lowest BCUT2D eigenvalue weighted by molar-refractivity contribution is -0.147. The highest BCUT2D eigenvalue weighted by molar-refractivity contribution is 5.85. The number of aliphatic hydroxyl groups is 1. The number of rotatable bonds is 14. The number of halogens is 2. The van der Waals surface area contributed by atoms with Gasteiger partial charge in [-0.2, -0.15) is 0 Å². The zero-order valence-electron chi connectivity index (χ0n) is 24.0. The normalized spacial score (nSPS) is 20.6. The van der Waals surface area contributed by atoms with E-state index in [1.807, 2.05) is 30.3 Å². The molecule has 4 rings (SSSR count). The standard InChI is InChI=1S/C32H43F2N3O4/c1-3-8-23(9-4-2)32(40)37-18-24(19-37)31(39)36-29(14-22-12-25(33)15-26(34)13-22)30(38)28-16-27(17-35-28)41-20-21-10-6-5-7-11-21/h5-7,10-13,15,23-24,27-30,35,38H,3-4,8-9,14,16-20H2,1-2H3,(H,36,39)/t27-,28-,29+,30-/m1/s1. The van der Waals surface area contributed by atoms with E-state index in [1.165, 1.54) is 12.1 Å². The maximum absolute atomic E-state index is 13.9. The van der Waals surface area contributed by atoms with E-state index in [0.29, 0.717) is 38.2 Å². The molecule has 4 atom stereocenters. The quantitative estimate of drug-likeness (QED) is 0.319. The Hall–Kier alpha value is -2.88. The van der Waals surface area contributed by atoms with Crippen molar-refractivity contribution in [1.82, 2.24) is 15.5 Å². The summed E-state index contributed by atoms with van der Waals surface area (Å²) in [6, 6.07) is 11.9. The fourth-order valence-corrected chi connectivity index (χ4v) is 5.90. The van der Waals surface area contributed by atoms with Crippen LogP contribution in [0.2, 0.25) is 0 Å². The molecule has 7 nitrogen and oxygen atoms in total. The summed E-state index contributed by atoms with van der Waals surface area (Å²) in [5.74, 6) is -2.00. The van der Waals surface area contributed by atoms with Crippen molar-refractivity contribution in [3.8, 4) is 0 Å². The van der Waals surface area contributed by atoms with E-state index in [9.17, 15) is 23.5 Å². The first-order valence-corrected chi connectivity index (χ1v) is 14.9. The Morgan fingerprint density at radius 3 is 2.34 bits per heavy atom. The van der Waals surface area contributed by atoms with Crippen LogP contribution in [0.3, 0.4) is 0 Å². The van der Waals surface area contributed by atoms with E-state index < -0.39 is 23.8 Å². The topological polar surface area (TPSA) is 90.9 Å². The van der Waals surface area contributed by atoms with Gasteiger partial charge in [-0.25, -0.2) is 8.78 Å². The number of hydrogen-bond donors (Lipinski definition) is 3. The average molecular weight is 572 g/mol. The van der Waals surface area contributed by atoms with Crippen LogP contribution in [0.25, 0.3) is 0 Å². The molecule has 2 aliphatic rings. The molecule has 2 aliphatic heterocycles. The minimum absolute atomic E-state index is 0.0167. The average Bonchev–Trinajstić information content (AvgIpc) is 3.39. The highest BCUT2D eigenvalue weighted by Crippen LogP contribution is 2.25. The molecule has 2 saturated heterocycles. The summed E-state index contributed by atoms with van der Waals surface area (Å²) in [5, 5.41) is 17.6. The molecule has 41 heavy (non-hydrogen) atoms. The molecule has 0 aromatic heterocycles. The summed E-state index contributed by atoms with van der Waals surface area (Å²) in [6.45, 7) is 5.80. The first-order chi connectivity index (χ1) is 19.8. The molecular weight excluding hydrogens is 528 g/mol. The van der Waals surface area contributed by atoms with Gasteiger partial charge in [0.15, 0.2) is 0 Å². The van der Waals surface area contributed by atoms with E-state index in [1.54, 1.807) is 4.90 Å². The van der Waals surface area contributed by atoms with Gasteiger partial charge >= 0.3 is 0 Å². The van der Waals surface area contributed by atoms with E-state index in [-0.39, 0.29) is 42.2 Å². The second-order valence-corrected chi connectivity index (χ2v) is 11.5. The van der Waals surface area contributed by atoms with Crippen molar-refractivity contribution in [2.45, 2.75) is 83.3 Å². The number of amides is 2. The molecule has 0 spiro atoms. The third-order valence-electron chi connectivity index (χ3n) is 8.17. The summed E-state index contributed by atoms with van der Waals surface area (Å²) in [5.41, 5.74) is 1.40. The number of aliphatic hydroxyl groups excluding tert-OH is 1. The first-order valence-electron chi connectivity index (χ1n) is 14.9. The number of carbonyl (C=O) groups is 2. The summed E-state index contributed by atoms with van der Waals surface area (Å²) >= 11 is 0. The SMILES string of the molecule is CCCC(CCC)C(=O)N1CC(C(=O)N[C@@H](Cc2cc(F)cc(F)c2)[C@H](O)[C@H]2C[C@@H](OCc3ccccc3)CN2)C1. The van der Waals surface area contributed by atoms with E-state index in [4.69, 9.17) is 4.74 Å². The van der Waals surface area contributed by atoms with Crippen LogP contribution in [-0.4, -0.2) is 65.7 Å². The summed E-state index contributed by atoms with van der Waals surface area (Å²) in [6.07, 6.45) is 2.98. The maximum atomic E-state index is 13.9. The van der Waals surface area contributed by atoms with Crippen LogP contribution in [0, 0.1) is 23.5 Å². The number of likely N-dealkylation sites (tertiary alicyclic amines) is 1. The number of benzene rings is 2. The highest BCUT2D eigenvalue weighted by Gasteiger charge is 2.40. The van der Waals surface area contributed by atoms with Crippen molar-refractivity contribution in [2.24, 2.45) is 11.8 Å². The van der Waals surface area contributed by atoms with Gasteiger partial charge in [-0.3, -0.25) is 9.59 Å². The van der Waals surface area contributed by atoms with E-state index >= 15 is 0 Å². The van der Waals surface area contributed by atoms with Gasteiger partial charge in [0.05, 0.1) is 30.8 Å². The third-order valence-corrected chi connectivity index (χ3v) is 8.17. The Kier molecular flexibility index (Phi) is 11.2. The van der Waals surface area contributed by atoms with Crippen molar-refractivity contribution in [3.05, 3.63) is 71.3 Å². The van der Waals surface area contributed by atoms with Crippen LogP contribution >= 0.6 is 0 Å². The molecule has 2 heterocycles. The molecular formula is C32H43F2N3O4. The largest absolute Gasteiger partial charge is 0.389 e. The van der Waals surface area contributed by atoms with Gasteiger partial charge in [-0.15, -0.1) is 0 Å². The number of carbonyl (C=O) groups excluding carboxylic acids is 2. The van der Waals surface area contributed by atoms with Crippen molar-refractivity contribution >= 4 is 11.8 Å². The van der Waals surface area contributed by atoms with Crippen molar-refractivity contribution < 1.29 is 28.2 Å². The smallest absolute Gasteiger partial charge is 0.227 e. The van der Waals surface area contributed by atoms with Gasteiger partial charge in [0, 0.05) is 37.7 Å². The van der Waals surface area contributed by atoms with Crippen LogP contribution in [0.1, 0.15) is 57.1 Å². The minimum atomic E-state index is -1.02. The summed E-state index contributed by atoms with van der Waals surface area (Å²) in [4.78, 5) is 27.9. The Morgan fingerprint density at radius 2 is 1.71 bits per heavy atom. The highest BCUT2D eigenvalue weighted by atomic mass is 19.1. The van der Waals surface area contributed by atoms with E-state index in [0.717, 1.165) is 37.3 Å². The van der Waals surface area contributed by atoms with Gasteiger partial charge in [-0.05, 0) is 48.9 Å². The zero-order chi connectivity index (χ0) is 29.4. The zero-order valence-corrected chi connectivity index (χ0v) is 24.0. The number of ether oxygens (including phenoxy) is 1. The fraction of sp³-hybridized carbons (Fsp3) is 0.562.